The van der Waals surface area contributed by atoms with Crippen LogP contribution in [0.25, 0.3) is 0 Å². The number of aromatic nitrogens is 3. The zero-order valence-corrected chi connectivity index (χ0v) is 16.4. The number of fused-ring (bicyclic) bond motifs is 4. The number of hydrogen-bond acceptors (Lipinski definition) is 6. The van der Waals surface area contributed by atoms with Gasteiger partial charge in [-0.2, -0.15) is 5.26 Å². The number of hydrogen-bond donors (Lipinski definition) is 0. The second-order valence-corrected chi connectivity index (χ2v) is 8.44. The largest absolute Gasteiger partial charge is 0.366 e. The van der Waals surface area contributed by atoms with Gasteiger partial charge < -0.3 is 9.47 Å². The van der Waals surface area contributed by atoms with Crippen LogP contribution in [0, 0.1) is 21.4 Å². The molecule has 0 saturated carbocycles. The van der Waals surface area contributed by atoms with Crippen LogP contribution in [0.1, 0.15) is 55.7 Å². The molecule has 0 amide bonds. The number of nitrogens with zero attached hydrogens (tertiary/aromatic N) is 6. The van der Waals surface area contributed by atoms with Gasteiger partial charge in [-0.1, -0.05) is 6.42 Å². The summed E-state index contributed by atoms with van der Waals surface area (Å²) in [4.78, 5) is 13.3. The molecule has 0 spiro atoms. The third-order valence-corrected chi connectivity index (χ3v) is 6.83. The van der Waals surface area contributed by atoms with Gasteiger partial charge in [0.2, 0.25) is 0 Å². The SMILES string of the molecule is N#CC1(c2nnc3n2CCCCC3)Cc2cc([N+](=O)[O-])ccc2N2CCCCC21. The van der Waals surface area contributed by atoms with Gasteiger partial charge in [0, 0.05) is 43.8 Å². The molecule has 3 aliphatic rings. The molecule has 8 heteroatoms. The van der Waals surface area contributed by atoms with E-state index in [9.17, 15) is 15.4 Å². The molecule has 0 bridgehead atoms. The Hall–Kier alpha value is -2.95. The lowest BCUT2D eigenvalue weighted by Crippen LogP contribution is -2.57. The minimum Gasteiger partial charge on any atom is -0.366 e. The Labute approximate surface area is 169 Å². The lowest BCUT2D eigenvalue weighted by molar-refractivity contribution is -0.384. The van der Waals surface area contributed by atoms with Crippen LogP contribution in [0.4, 0.5) is 11.4 Å². The molecular weight excluding hydrogens is 368 g/mol. The molecular formula is C21H24N6O2. The zero-order valence-electron chi connectivity index (χ0n) is 16.4. The predicted octanol–water partition coefficient (Wildman–Crippen LogP) is 3.29. The van der Waals surface area contributed by atoms with E-state index in [1.54, 1.807) is 12.1 Å². The molecule has 29 heavy (non-hydrogen) atoms. The monoisotopic (exact) mass is 392 g/mol. The molecule has 3 aliphatic heterocycles. The second kappa shape index (κ2) is 6.83. The first-order valence-corrected chi connectivity index (χ1v) is 10.5. The highest BCUT2D eigenvalue weighted by Gasteiger charge is 2.52. The van der Waals surface area contributed by atoms with Crippen molar-refractivity contribution in [3.63, 3.8) is 0 Å². The molecule has 1 saturated heterocycles. The first-order chi connectivity index (χ1) is 14.1. The molecule has 4 heterocycles. The van der Waals surface area contributed by atoms with Crippen molar-refractivity contribution in [2.45, 2.75) is 69.4 Å². The predicted molar refractivity (Wildman–Crippen MR) is 107 cm³/mol. The van der Waals surface area contributed by atoms with Gasteiger partial charge in [0.05, 0.1) is 17.0 Å². The number of non-ortho nitro benzene ring substituents is 1. The maximum atomic E-state index is 11.4. The highest BCUT2D eigenvalue weighted by atomic mass is 16.6. The van der Waals surface area contributed by atoms with E-state index in [0.717, 1.165) is 80.9 Å². The van der Waals surface area contributed by atoms with E-state index in [2.05, 4.69) is 25.7 Å². The third-order valence-electron chi connectivity index (χ3n) is 6.83. The van der Waals surface area contributed by atoms with Crippen LogP contribution in [0.2, 0.25) is 0 Å². The topological polar surface area (TPSA) is 101 Å². The number of aryl methyl sites for hydroxylation is 1. The highest BCUT2D eigenvalue weighted by molar-refractivity contribution is 5.64. The number of rotatable bonds is 2. The molecule has 8 nitrogen and oxygen atoms in total. The van der Waals surface area contributed by atoms with Gasteiger partial charge in [0.25, 0.3) is 5.69 Å². The first-order valence-electron chi connectivity index (χ1n) is 10.5. The van der Waals surface area contributed by atoms with Crippen LogP contribution in [0.5, 0.6) is 0 Å². The van der Waals surface area contributed by atoms with Gasteiger partial charge in [-0.25, -0.2) is 0 Å². The fourth-order valence-corrected chi connectivity index (χ4v) is 5.46. The summed E-state index contributed by atoms with van der Waals surface area (Å²) in [5.74, 6) is 1.73. The molecule has 0 N–H and O–H groups in total. The maximum absolute atomic E-state index is 11.4. The van der Waals surface area contributed by atoms with E-state index in [0.29, 0.717) is 6.42 Å². The summed E-state index contributed by atoms with van der Waals surface area (Å²) in [6.45, 7) is 1.70. The van der Waals surface area contributed by atoms with E-state index in [-0.39, 0.29) is 16.7 Å². The minimum atomic E-state index is -0.835. The summed E-state index contributed by atoms with van der Waals surface area (Å²) in [6, 6.07) is 7.74. The summed E-state index contributed by atoms with van der Waals surface area (Å²) in [5.41, 5.74) is 1.14. The van der Waals surface area contributed by atoms with Crippen molar-refractivity contribution in [3.8, 4) is 6.07 Å². The molecule has 0 radical (unpaired) electrons. The van der Waals surface area contributed by atoms with E-state index in [1.807, 2.05) is 6.07 Å². The molecule has 1 fully saturated rings. The van der Waals surface area contributed by atoms with Crippen LogP contribution in [-0.2, 0) is 24.8 Å². The fourth-order valence-electron chi connectivity index (χ4n) is 5.46. The van der Waals surface area contributed by atoms with E-state index in [4.69, 9.17) is 0 Å². The van der Waals surface area contributed by atoms with Gasteiger partial charge in [0.1, 0.15) is 11.2 Å². The molecule has 5 rings (SSSR count). The Bertz CT molecular complexity index is 1010. The number of piperidine rings is 1. The van der Waals surface area contributed by atoms with Crippen LogP contribution in [-0.4, -0.2) is 32.3 Å². The first kappa shape index (κ1) is 18.1. The van der Waals surface area contributed by atoms with E-state index in [1.165, 1.54) is 0 Å². The quantitative estimate of drug-likeness (QED) is 0.574. The van der Waals surface area contributed by atoms with Crippen molar-refractivity contribution < 1.29 is 4.92 Å². The average Bonchev–Trinajstić information content (AvgIpc) is 3.01. The number of nitro benzene ring substituents is 1. The number of nitriles is 1. The Morgan fingerprint density at radius 1 is 1.17 bits per heavy atom. The Morgan fingerprint density at radius 3 is 2.86 bits per heavy atom. The number of anilines is 1. The van der Waals surface area contributed by atoms with Crippen molar-refractivity contribution in [1.82, 2.24) is 14.8 Å². The minimum absolute atomic E-state index is 0.0201. The Kier molecular flexibility index (Phi) is 4.26. The van der Waals surface area contributed by atoms with E-state index < -0.39 is 5.41 Å². The van der Waals surface area contributed by atoms with Crippen LogP contribution in [0.15, 0.2) is 18.2 Å². The zero-order chi connectivity index (χ0) is 20.0. The summed E-state index contributed by atoms with van der Waals surface area (Å²) < 4.78 is 2.17. The van der Waals surface area contributed by atoms with Gasteiger partial charge >= 0.3 is 0 Å². The summed E-state index contributed by atoms with van der Waals surface area (Å²) in [6.07, 6.45) is 7.72. The van der Waals surface area contributed by atoms with Crippen LogP contribution >= 0.6 is 0 Å². The normalized spacial score (nSPS) is 25.9. The van der Waals surface area contributed by atoms with Crippen molar-refractivity contribution in [2.75, 3.05) is 11.4 Å². The van der Waals surface area contributed by atoms with Crippen molar-refractivity contribution in [1.29, 1.82) is 5.26 Å². The molecule has 150 valence electrons. The highest BCUT2D eigenvalue weighted by Crippen LogP contribution is 2.47. The standard InChI is InChI=1S/C21H24N6O2/c22-14-21(20-24-23-19-7-2-1-4-11-26(19)20)13-15-12-16(27(28)29)8-9-17(15)25-10-5-3-6-18(21)25/h8-9,12,18H,1-7,10-11,13H2. The average molecular weight is 392 g/mol. The maximum Gasteiger partial charge on any atom is 0.269 e. The smallest absolute Gasteiger partial charge is 0.269 e. The summed E-state index contributed by atoms with van der Waals surface area (Å²) >= 11 is 0. The summed E-state index contributed by atoms with van der Waals surface area (Å²) in [5, 5.41) is 30.9. The Morgan fingerprint density at radius 2 is 2.03 bits per heavy atom. The van der Waals surface area contributed by atoms with Gasteiger partial charge in [-0.3, -0.25) is 10.1 Å². The third kappa shape index (κ3) is 2.71. The second-order valence-electron chi connectivity index (χ2n) is 8.44. The van der Waals surface area contributed by atoms with Crippen LogP contribution in [0.3, 0.4) is 0 Å². The molecule has 0 aliphatic carbocycles. The summed E-state index contributed by atoms with van der Waals surface area (Å²) in [7, 11) is 0. The van der Waals surface area contributed by atoms with E-state index >= 15 is 0 Å². The van der Waals surface area contributed by atoms with Crippen molar-refractivity contribution in [3.05, 3.63) is 45.5 Å². The van der Waals surface area contributed by atoms with Gasteiger partial charge in [0.15, 0.2) is 5.82 Å². The fraction of sp³-hybridized carbons (Fsp3) is 0.571. The molecule has 2 aromatic rings. The van der Waals surface area contributed by atoms with Crippen molar-refractivity contribution in [2.24, 2.45) is 0 Å². The Balaban J connectivity index is 1.68. The van der Waals surface area contributed by atoms with Crippen molar-refractivity contribution >= 4 is 11.4 Å². The lowest BCUT2D eigenvalue weighted by atomic mass is 9.68. The lowest BCUT2D eigenvalue weighted by Gasteiger charge is -2.49. The number of benzene rings is 1. The molecule has 2 unspecified atom stereocenters. The molecule has 1 aromatic carbocycles. The van der Waals surface area contributed by atoms with Crippen LogP contribution < -0.4 is 4.90 Å². The molecule has 2 atom stereocenters. The van der Waals surface area contributed by atoms with Gasteiger partial charge in [-0.05, 0) is 43.7 Å². The number of nitro groups is 1. The van der Waals surface area contributed by atoms with Gasteiger partial charge in [-0.15, -0.1) is 10.2 Å². The molecule has 1 aromatic heterocycles.